The van der Waals surface area contributed by atoms with Gasteiger partial charge in [-0.15, -0.1) is 0 Å². The van der Waals surface area contributed by atoms with Gasteiger partial charge in [0.2, 0.25) is 5.91 Å². The van der Waals surface area contributed by atoms with E-state index in [-0.39, 0.29) is 11.8 Å². The zero-order valence-corrected chi connectivity index (χ0v) is 8.59. The SMILES string of the molecule is C/C=C(/C)C(=O)N[C@H](C#N)C(C)C. The molecule has 0 aliphatic rings. The predicted molar refractivity (Wildman–Crippen MR) is 51.8 cm³/mol. The van der Waals surface area contributed by atoms with Gasteiger partial charge in [0.1, 0.15) is 6.04 Å². The van der Waals surface area contributed by atoms with Crippen molar-refractivity contribution in [3.05, 3.63) is 11.6 Å². The van der Waals surface area contributed by atoms with Crippen molar-refractivity contribution in [2.24, 2.45) is 5.92 Å². The smallest absolute Gasteiger partial charge is 0.247 e. The Kier molecular flexibility index (Phi) is 4.83. The number of amides is 1. The molecule has 0 radical (unpaired) electrons. The summed E-state index contributed by atoms with van der Waals surface area (Å²) in [7, 11) is 0. The molecule has 0 aliphatic heterocycles. The molecule has 1 atom stereocenters. The maximum atomic E-state index is 11.3. The van der Waals surface area contributed by atoms with Gasteiger partial charge in [0, 0.05) is 5.57 Å². The number of nitriles is 1. The van der Waals surface area contributed by atoms with Crippen molar-refractivity contribution in [1.29, 1.82) is 5.26 Å². The summed E-state index contributed by atoms with van der Waals surface area (Å²) in [4.78, 5) is 11.3. The minimum atomic E-state index is -0.401. The normalized spacial score (nSPS) is 13.7. The lowest BCUT2D eigenvalue weighted by Crippen LogP contribution is -2.37. The van der Waals surface area contributed by atoms with E-state index >= 15 is 0 Å². The highest BCUT2D eigenvalue weighted by Crippen LogP contribution is 2.01. The van der Waals surface area contributed by atoms with Crippen LogP contribution in [0, 0.1) is 17.2 Å². The van der Waals surface area contributed by atoms with Gasteiger partial charge in [-0.05, 0) is 19.8 Å². The Labute approximate surface area is 79.4 Å². The number of hydrogen-bond donors (Lipinski definition) is 1. The van der Waals surface area contributed by atoms with Crippen LogP contribution in [-0.2, 0) is 4.79 Å². The number of nitrogens with one attached hydrogen (secondary N) is 1. The molecule has 3 nitrogen and oxygen atoms in total. The molecule has 0 aromatic heterocycles. The monoisotopic (exact) mass is 180 g/mol. The van der Waals surface area contributed by atoms with Crippen molar-refractivity contribution < 1.29 is 4.79 Å². The van der Waals surface area contributed by atoms with Crippen LogP contribution in [0.2, 0.25) is 0 Å². The van der Waals surface area contributed by atoms with Gasteiger partial charge in [0.15, 0.2) is 0 Å². The van der Waals surface area contributed by atoms with Crippen LogP contribution in [0.25, 0.3) is 0 Å². The van der Waals surface area contributed by atoms with Crippen molar-refractivity contribution in [2.75, 3.05) is 0 Å². The quantitative estimate of drug-likeness (QED) is 0.671. The molecule has 3 heteroatoms. The van der Waals surface area contributed by atoms with E-state index in [0.29, 0.717) is 5.57 Å². The van der Waals surface area contributed by atoms with Gasteiger partial charge in [-0.3, -0.25) is 4.79 Å². The maximum absolute atomic E-state index is 11.3. The fraction of sp³-hybridized carbons (Fsp3) is 0.600. The van der Waals surface area contributed by atoms with E-state index in [0.717, 1.165) is 0 Å². The van der Waals surface area contributed by atoms with Gasteiger partial charge >= 0.3 is 0 Å². The Morgan fingerprint density at radius 3 is 2.38 bits per heavy atom. The Hall–Kier alpha value is -1.30. The van der Waals surface area contributed by atoms with Crippen molar-refractivity contribution in [2.45, 2.75) is 33.7 Å². The lowest BCUT2D eigenvalue weighted by Gasteiger charge is -2.14. The topological polar surface area (TPSA) is 52.9 Å². The number of rotatable bonds is 3. The first-order chi connectivity index (χ1) is 6.02. The van der Waals surface area contributed by atoms with Gasteiger partial charge in [-0.25, -0.2) is 0 Å². The van der Waals surface area contributed by atoms with Gasteiger partial charge in [-0.2, -0.15) is 5.26 Å². The van der Waals surface area contributed by atoms with Gasteiger partial charge < -0.3 is 5.32 Å². The summed E-state index contributed by atoms with van der Waals surface area (Å²) in [5.41, 5.74) is 0.640. The van der Waals surface area contributed by atoms with E-state index in [1.54, 1.807) is 19.9 Å². The summed E-state index contributed by atoms with van der Waals surface area (Å²) >= 11 is 0. The molecule has 0 fully saturated rings. The summed E-state index contributed by atoms with van der Waals surface area (Å²) in [6.07, 6.45) is 1.73. The molecule has 0 bridgehead atoms. The van der Waals surface area contributed by atoms with Crippen LogP contribution in [-0.4, -0.2) is 11.9 Å². The molecule has 0 rings (SSSR count). The Morgan fingerprint density at radius 1 is 1.54 bits per heavy atom. The summed E-state index contributed by atoms with van der Waals surface area (Å²) < 4.78 is 0. The first kappa shape index (κ1) is 11.7. The van der Waals surface area contributed by atoms with Gasteiger partial charge in [0.25, 0.3) is 0 Å². The summed E-state index contributed by atoms with van der Waals surface area (Å²) in [5, 5.41) is 11.4. The molecule has 0 spiro atoms. The van der Waals surface area contributed by atoms with E-state index in [1.807, 2.05) is 13.8 Å². The Balaban J connectivity index is 4.28. The highest BCUT2D eigenvalue weighted by molar-refractivity contribution is 5.93. The lowest BCUT2D eigenvalue weighted by atomic mass is 10.1. The van der Waals surface area contributed by atoms with E-state index in [1.165, 1.54) is 0 Å². The fourth-order valence-electron chi connectivity index (χ4n) is 0.734. The van der Waals surface area contributed by atoms with E-state index in [4.69, 9.17) is 5.26 Å². The fourth-order valence-corrected chi connectivity index (χ4v) is 0.734. The largest absolute Gasteiger partial charge is 0.336 e. The van der Waals surface area contributed by atoms with Crippen molar-refractivity contribution in [3.8, 4) is 6.07 Å². The van der Waals surface area contributed by atoms with Crippen LogP contribution in [0.5, 0.6) is 0 Å². The van der Waals surface area contributed by atoms with Crippen molar-refractivity contribution in [3.63, 3.8) is 0 Å². The highest BCUT2D eigenvalue weighted by Gasteiger charge is 2.15. The molecule has 0 heterocycles. The predicted octanol–water partition coefficient (Wildman–Crippen LogP) is 1.62. The number of hydrogen-bond acceptors (Lipinski definition) is 2. The average Bonchev–Trinajstić information content (AvgIpc) is 2.11. The lowest BCUT2D eigenvalue weighted by molar-refractivity contribution is -0.118. The van der Waals surface area contributed by atoms with E-state index < -0.39 is 6.04 Å². The minimum Gasteiger partial charge on any atom is -0.336 e. The third-order valence-corrected chi connectivity index (χ3v) is 1.88. The van der Waals surface area contributed by atoms with E-state index in [9.17, 15) is 4.79 Å². The first-order valence-electron chi connectivity index (χ1n) is 4.36. The second kappa shape index (κ2) is 5.36. The Morgan fingerprint density at radius 2 is 2.08 bits per heavy atom. The number of carbonyl (C=O) groups is 1. The van der Waals surface area contributed by atoms with Crippen molar-refractivity contribution in [1.82, 2.24) is 5.32 Å². The number of carbonyl (C=O) groups excluding carboxylic acids is 1. The standard InChI is InChI=1S/C10H16N2O/c1-5-8(4)10(13)12-9(6-11)7(2)3/h5,7,9H,1-4H3,(H,12,13)/b8-5-/t9-/m1/s1. The van der Waals surface area contributed by atoms with Crippen LogP contribution in [0.4, 0.5) is 0 Å². The Bertz CT molecular complexity index is 248. The molecular formula is C10H16N2O. The first-order valence-corrected chi connectivity index (χ1v) is 4.36. The zero-order valence-electron chi connectivity index (χ0n) is 8.59. The highest BCUT2D eigenvalue weighted by atomic mass is 16.1. The summed E-state index contributed by atoms with van der Waals surface area (Å²) in [6, 6.07) is 1.65. The van der Waals surface area contributed by atoms with Crippen LogP contribution in [0.15, 0.2) is 11.6 Å². The molecular weight excluding hydrogens is 164 g/mol. The molecule has 1 N–H and O–H groups in total. The van der Waals surface area contributed by atoms with Crippen LogP contribution in [0.3, 0.4) is 0 Å². The molecule has 0 aliphatic carbocycles. The second-order valence-electron chi connectivity index (χ2n) is 3.30. The molecule has 0 saturated carbocycles. The minimum absolute atomic E-state index is 0.138. The summed E-state index contributed by atoms with van der Waals surface area (Å²) in [5.74, 6) is -0.0265. The summed E-state index contributed by atoms with van der Waals surface area (Å²) in [6.45, 7) is 7.33. The average molecular weight is 180 g/mol. The third-order valence-electron chi connectivity index (χ3n) is 1.88. The molecule has 1 amide bonds. The second-order valence-corrected chi connectivity index (χ2v) is 3.30. The van der Waals surface area contributed by atoms with Crippen LogP contribution in [0.1, 0.15) is 27.7 Å². The molecule has 0 aromatic rings. The number of nitrogens with zero attached hydrogens (tertiary/aromatic N) is 1. The van der Waals surface area contributed by atoms with Gasteiger partial charge in [0.05, 0.1) is 6.07 Å². The van der Waals surface area contributed by atoms with Crippen molar-refractivity contribution >= 4 is 5.91 Å². The zero-order chi connectivity index (χ0) is 10.4. The molecule has 0 saturated heterocycles. The van der Waals surface area contributed by atoms with Crippen LogP contribution >= 0.6 is 0 Å². The third kappa shape index (κ3) is 3.75. The molecule has 0 aromatic carbocycles. The maximum Gasteiger partial charge on any atom is 0.247 e. The molecule has 0 unspecified atom stereocenters. The van der Waals surface area contributed by atoms with Crippen LogP contribution < -0.4 is 5.32 Å². The number of allylic oxidation sites excluding steroid dienone is 1. The molecule has 13 heavy (non-hydrogen) atoms. The van der Waals surface area contributed by atoms with Gasteiger partial charge in [-0.1, -0.05) is 19.9 Å². The van der Waals surface area contributed by atoms with E-state index in [2.05, 4.69) is 11.4 Å². The molecule has 72 valence electrons.